The summed E-state index contributed by atoms with van der Waals surface area (Å²) in [5.41, 5.74) is 1.89. The zero-order valence-electron chi connectivity index (χ0n) is 17.1. The molecule has 0 radical (unpaired) electrons. The fourth-order valence-electron chi connectivity index (χ4n) is 3.79. The van der Waals surface area contributed by atoms with Crippen molar-refractivity contribution >= 4 is 10.2 Å². The lowest BCUT2D eigenvalue weighted by molar-refractivity contribution is 0.0705. The maximum atomic E-state index is 12.8. The first-order chi connectivity index (χ1) is 14.6. The molecule has 3 heterocycles. The molecule has 1 N–H and O–H groups in total. The first kappa shape index (κ1) is 21.1. The molecular weight excluding hydrogens is 408 g/mol. The van der Waals surface area contributed by atoms with E-state index >= 15 is 0 Å². The van der Waals surface area contributed by atoms with E-state index in [2.05, 4.69) is 10.2 Å². The maximum absolute atomic E-state index is 12.8. The van der Waals surface area contributed by atoms with Crippen molar-refractivity contribution in [3.63, 3.8) is 0 Å². The van der Waals surface area contributed by atoms with Crippen LogP contribution < -0.4 is 9.47 Å². The van der Waals surface area contributed by atoms with Crippen LogP contribution in [0.2, 0.25) is 0 Å². The number of H-pyrrole nitrogens is 1. The van der Waals surface area contributed by atoms with Crippen LogP contribution in [0, 0.1) is 0 Å². The highest BCUT2D eigenvalue weighted by Crippen LogP contribution is 2.29. The number of rotatable bonds is 8. The van der Waals surface area contributed by atoms with Crippen molar-refractivity contribution in [3.05, 3.63) is 41.7 Å². The van der Waals surface area contributed by atoms with Crippen molar-refractivity contribution < 1.29 is 22.6 Å². The smallest absolute Gasteiger partial charge is 0.282 e. The predicted molar refractivity (Wildman–Crippen MR) is 111 cm³/mol. The molecule has 1 unspecified atom stereocenters. The Hall–Kier alpha value is -2.14. The van der Waals surface area contributed by atoms with Gasteiger partial charge in [0.25, 0.3) is 10.2 Å². The summed E-state index contributed by atoms with van der Waals surface area (Å²) < 4.78 is 44.9. The Morgan fingerprint density at radius 3 is 2.60 bits per heavy atom. The van der Waals surface area contributed by atoms with Crippen LogP contribution in [0.1, 0.15) is 23.7 Å². The number of aromatic nitrogens is 2. The largest absolute Gasteiger partial charge is 0.497 e. The van der Waals surface area contributed by atoms with E-state index in [1.807, 2.05) is 30.3 Å². The van der Waals surface area contributed by atoms with Gasteiger partial charge in [-0.25, -0.2) is 0 Å². The molecule has 10 heteroatoms. The van der Waals surface area contributed by atoms with Crippen LogP contribution >= 0.6 is 0 Å². The van der Waals surface area contributed by atoms with E-state index in [0.29, 0.717) is 52.4 Å². The molecule has 1 atom stereocenters. The Kier molecular flexibility index (Phi) is 6.57. The normalized spacial score (nSPS) is 21.0. The summed E-state index contributed by atoms with van der Waals surface area (Å²) >= 11 is 0. The fraction of sp³-hybridized carbons (Fsp3) is 0.550. The zero-order chi connectivity index (χ0) is 21.0. The molecule has 1 aromatic heterocycles. The van der Waals surface area contributed by atoms with Crippen LogP contribution in [-0.2, 0) is 21.4 Å². The number of methoxy groups -OCH3 is 1. The van der Waals surface area contributed by atoms with Crippen molar-refractivity contribution in [3.8, 4) is 11.5 Å². The summed E-state index contributed by atoms with van der Waals surface area (Å²) in [4.78, 5) is 0. The molecule has 2 aliphatic heterocycles. The third-order valence-corrected chi connectivity index (χ3v) is 7.54. The monoisotopic (exact) mass is 436 g/mol. The van der Waals surface area contributed by atoms with Crippen molar-refractivity contribution in [2.45, 2.75) is 18.8 Å². The van der Waals surface area contributed by atoms with E-state index in [1.165, 1.54) is 4.31 Å². The van der Waals surface area contributed by atoms with E-state index in [4.69, 9.17) is 14.2 Å². The number of morpholine rings is 1. The number of benzene rings is 1. The standard InChI is InChI=1S/C20H28N4O5S/c1-27-18-2-4-19(5-3-18)29-11-7-17-14-20(22-21-17)16-6-8-24(15-16)30(25,26)23-9-12-28-13-10-23/h2-5,14,16H,6-13,15H2,1H3,(H,21,22). The van der Waals surface area contributed by atoms with Gasteiger partial charge < -0.3 is 14.2 Å². The van der Waals surface area contributed by atoms with E-state index in [-0.39, 0.29) is 5.92 Å². The van der Waals surface area contributed by atoms with Crippen LogP contribution in [0.25, 0.3) is 0 Å². The van der Waals surface area contributed by atoms with Gasteiger partial charge in [-0.1, -0.05) is 0 Å². The first-order valence-electron chi connectivity index (χ1n) is 10.2. The van der Waals surface area contributed by atoms with Gasteiger partial charge in [0.1, 0.15) is 11.5 Å². The van der Waals surface area contributed by atoms with Gasteiger partial charge in [-0.3, -0.25) is 5.10 Å². The van der Waals surface area contributed by atoms with Gasteiger partial charge in [-0.2, -0.15) is 22.1 Å². The summed E-state index contributed by atoms with van der Waals surface area (Å²) in [6.07, 6.45) is 1.47. The highest BCUT2D eigenvalue weighted by Gasteiger charge is 2.37. The summed E-state index contributed by atoms with van der Waals surface area (Å²) in [6.45, 7) is 3.26. The topological polar surface area (TPSA) is 97.0 Å². The Morgan fingerprint density at radius 1 is 1.13 bits per heavy atom. The number of hydrogen-bond acceptors (Lipinski definition) is 6. The van der Waals surface area contributed by atoms with Gasteiger partial charge in [0.05, 0.1) is 32.6 Å². The SMILES string of the molecule is COc1ccc(OCCc2cc(C3CCN(S(=O)(=O)N4CCOCC4)C3)n[nH]2)cc1. The number of aromatic amines is 1. The Balaban J connectivity index is 1.28. The van der Waals surface area contributed by atoms with Crippen molar-refractivity contribution in [2.24, 2.45) is 0 Å². The molecule has 0 aliphatic carbocycles. The molecular formula is C20H28N4O5S. The molecule has 2 aliphatic rings. The number of hydrogen-bond donors (Lipinski definition) is 1. The maximum Gasteiger partial charge on any atom is 0.282 e. The Labute approximate surface area is 177 Å². The molecule has 164 valence electrons. The minimum Gasteiger partial charge on any atom is -0.497 e. The third-order valence-electron chi connectivity index (χ3n) is 5.54. The van der Waals surface area contributed by atoms with Gasteiger partial charge >= 0.3 is 0 Å². The van der Waals surface area contributed by atoms with Gasteiger partial charge in [-0.15, -0.1) is 0 Å². The van der Waals surface area contributed by atoms with E-state index in [0.717, 1.165) is 29.3 Å². The second-order valence-electron chi connectivity index (χ2n) is 7.45. The van der Waals surface area contributed by atoms with E-state index < -0.39 is 10.2 Å². The number of ether oxygens (including phenoxy) is 3. The predicted octanol–water partition coefficient (Wildman–Crippen LogP) is 1.41. The summed E-state index contributed by atoms with van der Waals surface area (Å²) in [5.74, 6) is 1.69. The molecule has 0 saturated carbocycles. The Bertz CT molecular complexity index is 925. The second kappa shape index (κ2) is 9.34. The Morgan fingerprint density at radius 2 is 1.87 bits per heavy atom. The molecule has 0 spiro atoms. The van der Waals surface area contributed by atoms with Gasteiger partial charge in [-0.05, 0) is 36.8 Å². The van der Waals surface area contributed by atoms with Gasteiger partial charge in [0, 0.05) is 44.2 Å². The van der Waals surface area contributed by atoms with Crippen molar-refractivity contribution in [1.82, 2.24) is 18.8 Å². The van der Waals surface area contributed by atoms with Crippen LogP contribution in [0.15, 0.2) is 30.3 Å². The number of nitrogens with zero attached hydrogens (tertiary/aromatic N) is 3. The lowest BCUT2D eigenvalue weighted by Crippen LogP contribution is -2.47. The molecule has 0 amide bonds. The molecule has 4 rings (SSSR count). The summed E-state index contributed by atoms with van der Waals surface area (Å²) in [5, 5.41) is 7.48. The molecule has 2 aromatic rings. The summed E-state index contributed by atoms with van der Waals surface area (Å²) in [6, 6.07) is 9.49. The average molecular weight is 437 g/mol. The van der Waals surface area contributed by atoms with Gasteiger partial charge in [0.2, 0.25) is 0 Å². The van der Waals surface area contributed by atoms with Gasteiger partial charge in [0.15, 0.2) is 0 Å². The molecule has 1 aromatic carbocycles. The first-order valence-corrected chi connectivity index (χ1v) is 11.6. The minimum absolute atomic E-state index is 0.105. The lowest BCUT2D eigenvalue weighted by Gasteiger charge is -2.30. The molecule has 2 fully saturated rings. The molecule has 2 saturated heterocycles. The lowest BCUT2D eigenvalue weighted by atomic mass is 10.0. The quantitative estimate of drug-likeness (QED) is 0.672. The minimum atomic E-state index is -3.43. The highest BCUT2D eigenvalue weighted by atomic mass is 32.2. The van der Waals surface area contributed by atoms with Crippen molar-refractivity contribution in [1.29, 1.82) is 0 Å². The van der Waals surface area contributed by atoms with Crippen LogP contribution in [0.3, 0.4) is 0 Å². The average Bonchev–Trinajstić information content (AvgIpc) is 3.45. The molecule has 9 nitrogen and oxygen atoms in total. The molecule has 0 bridgehead atoms. The van der Waals surface area contributed by atoms with Crippen LogP contribution in [-0.4, -0.2) is 80.3 Å². The zero-order valence-corrected chi connectivity index (χ0v) is 17.9. The van der Waals surface area contributed by atoms with Crippen molar-refractivity contribution in [2.75, 3.05) is 53.1 Å². The van der Waals surface area contributed by atoms with E-state index in [9.17, 15) is 8.42 Å². The van der Waals surface area contributed by atoms with Crippen LogP contribution in [0.5, 0.6) is 11.5 Å². The second-order valence-corrected chi connectivity index (χ2v) is 9.38. The third kappa shape index (κ3) is 4.77. The molecule has 30 heavy (non-hydrogen) atoms. The fourth-order valence-corrected chi connectivity index (χ4v) is 5.43. The highest BCUT2D eigenvalue weighted by molar-refractivity contribution is 7.86. The van der Waals surface area contributed by atoms with E-state index in [1.54, 1.807) is 11.4 Å². The van der Waals surface area contributed by atoms with Crippen LogP contribution in [0.4, 0.5) is 0 Å². The summed E-state index contributed by atoms with van der Waals surface area (Å²) in [7, 11) is -1.79. The number of nitrogens with one attached hydrogen (secondary N) is 1.